The van der Waals surface area contributed by atoms with Crippen molar-refractivity contribution < 1.29 is 14.0 Å². The second kappa shape index (κ2) is 7.20. The maximum Gasteiger partial charge on any atom is 0.255 e. The number of carbonyl (C=O) groups is 2. The van der Waals surface area contributed by atoms with Crippen molar-refractivity contribution in [1.82, 2.24) is 0 Å². The zero-order chi connectivity index (χ0) is 19.8. The third-order valence-electron chi connectivity index (χ3n) is 4.93. The molecule has 0 bridgehead atoms. The maximum atomic E-state index is 14.4. The number of hydrogen-bond acceptors (Lipinski definition) is 3. The number of carbonyl (C=O) groups excluding carboxylic acids is 2. The van der Waals surface area contributed by atoms with E-state index in [-0.39, 0.29) is 24.0 Å². The van der Waals surface area contributed by atoms with Crippen molar-refractivity contribution in [2.24, 2.45) is 0 Å². The van der Waals surface area contributed by atoms with Crippen molar-refractivity contribution in [3.05, 3.63) is 81.8 Å². The molecule has 1 aliphatic heterocycles. The van der Waals surface area contributed by atoms with Crippen molar-refractivity contribution in [3.63, 3.8) is 0 Å². The minimum Gasteiger partial charge on any atom is -0.298 e. The van der Waals surface area contributed by atoms with Gasteiger partial charge in [-0.25, -0.2) is 4.39 Å². The van der Waals surface area contributed by atoms with E-state index in [1.165, 1.54) is 28.4 Å². The Hall–Kier alpha value is -2.99. The SMILES string of the molecule is Cc1ccc(N2C(=O)CN(c3ccccc3F)C(=O)C2c2ccsc2)c(C)c1. The summed E-state index contributed by atoms with van der Waals surface area (Å²) in [6, 6.07) is 12.8. The highest BCUT2D eigenvalue weighted by Gasteiger charge is 2.43. The van der Waals surface area contributed by atoms with Gasteiger partial charge in [-0.3, -0.25) is 19.4 Å². The minimum atomic E-state index is -0.825. The molecular formula is C22H19FN2O2S. The molecule has 1 fully saturated rings. The fraction of sp³-hybridized carbons (Fsp3) is 0.182. The van der Waals surface area contributed by atoms with Crippen LogP contribution in [0.1, 0.15) is 22.7 Å². The summed E-state index contributed by atoms with van der Waals surface area (Å²) in [5.74, 6) is -1.08. The number of rotatable bonds is 3. The van der Waals surface area contributed by atoms with Gasteiger partial charge >= 0.3 is 0 Å². The lowest BCUT2D eigenvalue weighted by Gasteiger charge is -2.40. The van der Waals surface area contributed by atoms with Crippen LogP contribution in [0.4, 0.5) is 15.8 Å². The lowest BCUT2D eigenvalue weighted by Crippen LogP contribution is -2.56. The lowest BCUT2D eigenvalue weighted by molar-refractivity contribution is -0.128. The first kappa shape index (κ1) is 18.4. The Labute approximate surface area is 166 Å². The van der Waals surface area contributed by atoms with Crippen molar-refractivity contribution in [2.75, 3.05) is 16.3 Å². The summed E-state index contributed by atoms with van der Waals surface area (Å²) in [6.07, 6.45) is 0. The van der Waals surface area contributed by atoms with Crippen molar-refractivity contribution in [2.45, 2.75) is 19.9 Å². The average molecular weight is 394 g/mol. The molecule has 0 aliphatic carbocycles. The van der Waals surface area contributed by atoms with E-state index in [4.69, 9.17) is 0 Å². The summed E-state index contributed by atoms with van der Waals surface area (Å²) in [5, 5.41) is 3.73. The van der Waals surface area contributed by atoms with Gasteiger partial charge in [0, 0.05) is 5.69 Å². The number of aryl methyl sites for hydroxylation is 2. The van der Waals surface area contributed by atoms with Crippen molar-refractivity contribution >= 4 is 34.5 Å². The summed E-state index contributed by atoms with van der Waals surface area (Å²) >= 11 is 1.46. The molecule has 4 nitrogen and oxygen atoms in total. The Morgan fingerprint density at radius 2 is 1.82 bits per heavy atom. The molecule has 4 rings (SSSR count). The van der Waals surface area contributed by atoms with Crippen LogP contribution >= 0.6 is 11.3 Å². The van der Waals surface area contributed by atoms with Crippen molar-refractivity contribution in [3.8, 4) is 0 Å². The Bertz CT molecular complexity index is 1050. The topological polar surface area (TPSA) is 40.6 Å². The second-order valence-corrected chi connectivity index (χ2v) is 7.67. The van der Waals surface area contributed by atoms with E-state index in [2.05, 4.69) is 0 Å². The van der Waals surface area contributed by atoms with E-state index in [1.54, 1.807) is 17.0 Å². The number of benzene rings is 2. The molecule has 2 aromatic carbocycles. The fourth-order valence-electron chi connectivity index (χ4n) is 3.64. The molecule has 0 N–H and O–H groups in total. The fourth-order valence-corrected chi connectivity index (χ4v) is 4.32. The molecule has 0 spiro atoms. The van der Waals surface area contributed by atoms with E-state index >= 15 is 0 Å². The van der Waals surface area contributed by atoms with Gasteiger partial charge in [-0.1, -0.05) is 29.8 Å². The maximum absolute atomic E-state index is 14.4. The van der Waals surface area contributed by atoms with Gasteiger partial charge in [0.25, 0.3) is 5.91 Å². The van der Waals surface area contributed by atoms with E-state index in [1.807, 2.05) is 48.9 Å². The van der Waals surface area contributed by atoms with Gasteiger partial charge in [-0.05, 0) is 60.0 Å². The van der Waals surface area contributed by atoms with Gasteiger partial charge in [0.1, 0.15) is 18.4 Å². The number of halogens is 1. The van der Waals surface area contributed by atoms with E-state index < -0.39 is 11.9 Å². The molecule has 28 heavy (non-hydrogen) atoms. The van der Waals surface area contributed by atoms with Gasteiger partial charge in [0.15, 0.2) is 0 Å². The van der Waals surface area contributed by atoms with Crippen LogP contribution in [0, 0.1) is 19.7 Å². The molecule has 0 saturated carbocycles. The van der Waals surface area contributed by atoms with Crippen LogP contribution in [0.25, 0.3) is 0 Å². The molecule has 142 valence electrons. The first-order chi connectivity index (χ1) is 13.5. The molecule has 1 saturated heterocycles. The van der Waals surface area contributed by atoms with E-state index in [0.717, 1.165) is 16.7 Å². The van der Waals surface area contributed by atoms with E-state index in [9.17, 15) is 14.0 Å². The number of nitrogens with zero attached hydrogens (tertiary/aromatic N) is 2. The van der Waals surface area contributed by atoms with Gasteiger partial charge in [-0.2, -0.15) is 11.3 Å². The zero-order valence-electron chi connectivity index (χ0n) is 15.6. The molecular weight excluding hydrogens is 375 g/mol. The highest BCUT2D eigenvalue weighted by molar-refractivity contribution is 7.08. The largest absolute Gasteiger partial charge is 0.298 e. The van der Waals surface area contributed by atoms with Crippen LogP contribution < -0.4 is 9.80 Å². The first-order valence-corrected chi connectivity index (χ1v) is 9.89. The Balaban J connectivity index is 1.83. The van der Waals surface area contributed by atoms with Gasteiger partial charge in [-0.15, -0.1) is 0 Å². The molecule has 1 aromatic heterocycles. The molecule has 1 aliphatic rings. The molecule has 1 atom stereocenters. The van der Waals surface area contributed by atoms with Crippen LogP contribution in [-0.2, 0) is 9.59 Å². The van der Waals surface area contributed by atoms with Crippen LogP contribution in [0.15, 0.2) is 59.3 Å². The Kier molecular flexibility index (Phi) is 4.73. The Morgan fingerprint density at radius 1 is 1.04 bits per heavy atom. The number of para-hydroxylation sites is 1. The summed E-state index contributed by atoms with van der Waals surface area (Å²) in [4.78, 5) is 29.4. The summed E-state index contributed by atoms with van der Waals surface area (Å²) in [5.41, 5.74) is 3.55. The van der Waals surface area contributed by atoms with Crippen molar-refractivity contribution in [1.29, 1.82) is 0 Å². The third-order valence-corrected chi connectivity index (χ3v) is 5.64. The molecule has 6 heteroatoms. The van der Waals surface area contributed by atoms with Crippen LogP contribution in [0.2, 0.25) is 0 Å². The molecule has 0 radical (unpaired) electrons. The number of amides is 2. The van der Waals surface area contributed by atoms with Gasteiger partial charge < -0.3 is 0 Å². The predicted octanol–water partition coefficient (Wildman–Crippen LogP) is 4.63. The predicted molar refractivity (Wildman–Crippen MR) is 109 cm³/mol. The summed E-state index contributed by atoms with van der Waals surface area (Å²) in [7, 11) is 0. The normalized spacial score (nSPS) is 17.3. The first-order valence-electron chi connectivity index (χ1n) is 8.94. The summed E-state index contributed by atoms with van der Waals surface area (Å²) < 4.78 is 14.4. The second-order valence-electron chi connectivity index (χ2n) is 6.89. The smallest absolute Gasteiger partial charge is 0.255 e. The average Bonchev–Trinajstić information content (AvgIpc) is 3.18. The highest BCUT2D eigenvalue weighted by Crippen LogP contribution is 2.37. The van der Waals surface area contributed by atoms with Crippen LogP contribution in [-0.4, -0.2) is 18.4 Å². The lowest BCUT2D eigenvalue weighted by atomic mass is 10.00. The molecule has 3 aromatic rings. The molecule has 1 unspecified atom stereocenters. The molecule has 2 amide bonds. The van der Waals surface area contributed by atoms with Gasteiger partial charge in [0.05, 0.1) is 5.69 Å². The zero-order valence-corrected chi connectivity index (χ0v) is 16.4. The number of piperazine rings is 1. The summed E-state index contributed by atoms with van der Waals surface area (Å²) in [6.45, 7) is 3.71. The number of thiophene rings is 1. The number of hydrogen-bond donors (Lipinski definition) is 0. The van der Waals surface area contributed by atoms with Crippen LogP contribution in [0.5, 0.6) is 0 Å². The van der Waals surface area contributed by atoms with Gasteiger partial charge in [0.2, 0.25) is 5.91 Å². The monoisotopic (exact) mass is 394 g/mol. The standard InChI is InChI=1S/C22H19FN2O2S/c1-14-7-8-18(15(2)11-14)25-20(26)12-24(19-6-4-3-5-17(19)23)22(27)21(25)16-9-10-28-13-16/h3-11,13,21H,12H2,1-2H3. The third kappa shape index (κ3) is 3.10. The highest BCUT2D eigenvalue weighted by atomic mass is 32.1. The minimum absolute atomic E-state index is 0.126. The quantitative estimate of drug-likeness (QED) is 0.650. The van der Waals surface area contributed by atoms with Crippen LogP contribution in [0.3, 0.4) is 0 Å². The molecule has 2 heterocycles. The van der Waals surface area contributed by atoms with E-state index in [0.29, 0.717) is 5.69 Å². The Morgan fingerprint density at radius 3 is 2.50 bits per heavy atom. The number of anilines is 2.